The van der Waals surface area contributed by atoms with E-state index in [9.17, 15) is 9.18 Å². The number of pyridine rings is 2. The summed E-state index contributed by atoms with van der Waals surface area (Å²) in [7, 11) is 3.00. The first-order valence-electron chi connectivity index (χ1n) is 7.60. The van der Waals surface area contributed by atoms with Gasteiger partial charge in [-0.3, -0.25) is 9.78 Å². The van der Waals surface area contributed by atoms with E-state index in [2.05, 4.69) is 9.97 Å². The highest BCUT2D eigenvalue weighted by molar-refractivity contribution is 6.34. The van der Waals surface area contributed by atoms with Gasteiger partial charge in [0.2, 0.25) is 0 Å². The second-order valence-corrected chi connectivity index (χ2v) is 5.84. The molecule has 0 aliphatic rings. The van der Waals surface area contributed by atoms with Gasteiger partial charge in [-0.05, 0) is 0 Å². The number of nitrogens with zero attached hydrogens (tertiary/aromatic N) is 3. The molecule has 0 aliphatic carbocycles. The maximum atomic E-state index is 13.5. The summed E-state index contributed by atoms with van der Waals surface area (Å²) in [5.74, 6) is -0.373. The fourth-order valence-electron chi connectivity index (χ4n) is 2.41. The third-order valence-electron chi connectivity index (χ3n) is 3.79. The second kappa shape index (κ2) is 7.27. The predicted molar refractivity (Wildman–Crippen MR) is 92.8 cm³/mol. The van der Waals surface area contributed by atoms with E-state index in [1.165, 1.54) is 24.3 Å². The van der Waals surface area contributed by atoms with Gasteiger partial charge in [-0.25, -0.2) is 9.37 Å². The number of carbonyl (C=O) groups excluding carboxylic acids is 1. The number of amides is 1. The highest BCUT2D eigenvalue weighted by Crippen LogP contribution is 2.36. The number of aliphatic hydroxyl groups is 1. The van der Waals surface area contributed by atoms with Crippen LogP contribution in [0.1, 0.15) is 10.5 Å². The lowest BCUT2D eigenvalue weighted by molar-refractivity contribution is 0.0761. The Morgan fingerprint density at radius 1 is 1.38 bits per heavy atom. The van der Waals surface area contributed by atoms with Crippen LogP contribution in [0.15, 0.2) is 28.9 Å². The average molecular weight is 380 g/mol. The Morgan fingerprint density at radius 3 is 2.85 bits per heavy atom. The monoisotopic (exact) mass is 379 g/mol. The van der Waals surface area contributed by atoms with Gasteiger partial charge < -0.3 is 19.2 Å². The van der Waals surface area contributed by atoms with Crippen molar-refractivity contribution in [1.82, 2.24) is 14.9 Å². The summed E-state index contributed by atoms with van der Waals surface area (Å²) in [5.41, 5.74) is 1.12. The highest BCUT2D eigenvalue weighted by atomic mass is 35.5. The maximum absolute atomic E-state index is 13.5. The number of aliphatic hydroxyl groups excluding tert-OH is 1. The number of halogens is 2. The summed E-state index contributed by atoms with van der Waals surface area (Å²) in [6, 6.07) is 3.05. The van der Waals surface area contributed by atoms with Crippen molar-refractivity contribution in [1.29, 1.82) is 0 Å². The van der Waals surface area contributed by atoms with Gasteiger partial charge in [0.15, 0.2) is 11.4 Å². The molecule has 0 atom stereocenters. The average Bonchev–Trinajstić information content (AvgIpc) is 3.08. The van der Waals surface area contributed by atoms with Crippen LogP contribution in [0.2, 0.25) is 5.02 Å². The molecule has 0 saturated carbocycles. The summed E-state index contributed by atoms with van der Waals surface area (Å²) >= 11 is 5.91. The summed E-state index contributed by atoms with van der Waals surface area (Å²) in [6.45, 7) is 0.0324. The standard InChI is InChI=1S/C17H15ClFN3O4/c1-22(3-4-23)17(24)12-6-13(25-2)9(7-20-12)14-5-11-16(26-14)15(18)10(19)8-21-11/h5-8,23H,3-4H2,1-2H3. The van der Waals surface area contributed by atoms with Gasteiger partial charge in [0.05, 0.1) is 25.5 Å². The number of likely N-dealkylation sites (N-methyl/N-ethyl adjacent to an activating group) is 1. The van der Waals surface area contributed by atoms with Crippen LogP contribution in [0.3, 0.4) is 0 Å². The van der Waals surface area contributed by atoms with Gasteiger partial charge in [0.25, 0.3) is 5.91 Å². The normalized spacial score (nSPS) is 11.0. The molecule has 7 nitrogen and oxygen atoms in total. The van der Waals surface area contributed by atoms with Gasteiger partial charge in [-0.1, -0.05) is 11.6 Å². The SMILES string of the molecule is COc1cc(C(=O)N(C)CCO)ncc1-c1cc2ncc(F)c(Cl)c2o1. The number of methoxy groups -OCH3 is 1. The van der Waals surface area contributed by atoms with E-state index in [0.717, 1.165) is 6.20 Å². The van der Waals surface area contributed by atoms with Crippen molar-refractivity contribution in [2.24, 2.45) is 0 Å². The minimum atomic E-state index is -0.682. The fourth-order valence-corrected chi connectivity index (χ4v) is 2.60. The fraction of sp³-hybridized carbons (Fsp3) is 0.235. The molecule has 0 unspecified atom stereocenters. The first-order valence-corrected chi connectivity index (χ1v) is 7.98. The highest BCUT2D eigenvalue weighted by Gasteiger charge is 2.20. The van der Waals surface area contributed by atoms with Crippen molar-refractivity contribution in [3.63, 3.8) is 0 Å². The summed E-state index contributed by atoms with van der Waals surface area (Å²) in [4.78, 5) is 21.7. The molecule has 3 heterocycles. The lowest BCUT2D eigenvalue weighted by atomic mass is 10.1. The molecule has 9 heteroatoms. The molecule has 3 aromatic heterocycles. The van der Waals surface area contributed by atoms with Crippen molar-refractivity contribution in [3.8, 4) is 17.1 Å². The number of furan rings is 1. The van der Waals surface area contributed by atoms with E-state index < -0.39 is 5.82 Å². The zero-order valence-corrected chi connectivity index (χ0v) is 14.7. The molecule has 136 valence electrons. The second-order valence-electron chi connectivity index (χ2n) is 5.47. The minimum absolute atomic E-state index is 0.117. The van der Waals surface area contributed by atoms with E-state index in [1.54, 1.807) is 13.1 Å². The van der Waals surface area contributed by atoms with Gasteiger partial charge in [-0.15, -0.1) is 0 Å². The number of carbonyl (C=O) groups is 1. The molecule has 0 fully saturated rings. The molecule has 3 rings (SSSR count). The molecule has 1 N–H and O–H groups in total. The van der Waals surface area contributed by atoms with Gasteiger partial charge >= 0.3 is 0 Å². The van der Waals surface area contributed by atoms with E-state index in [0.29, 0.717) is 22.6 Å². The van der Waals surface area contributed by atoms with Crippen LogP contribution < -0.4 is 4.74 Å². The molecule has 0 saturated heterocycles. The summed E-state index contributed by atoms with van der Waals surface area (Å²) < 4.78 is 24.5. The van der Waals surface area contributed by atoms with Crippen molar-refractivity contribution < 1.29 is 23.4 Å². The van der Waals surface area contributed by atoms with Gasteiger partial charge in [0.1, 0.15) is 27.7 Å². The Bertz CT molecular complexity index is 976. The molecule has 0 aromatic carbocycles. The van der Waals surface area contributed by atoms with E-state index in [-0.39, 0.29) is 35.4 Å². The Hall–Kier alpha value is -2.71. The molecule has 26 heavy (non-hydrogen) atoms. The molecule has 3 aromatic rings. The number of aromatic nitrogens is 2. The Morgan fingerprint density at radius 2 is 2.15 bits per heavy atom. The van der Waals surface area contributed by atoms with Crippen LogP contribution in [-0.4, -0.2) is 53.2 Å². The predicted octanol–water partition coefficient (Wildman–Crippen LogP) is 2.76. The van der Waals surface area contributed by atoms with Crippen LogP contribution in [0, 0.1) is 5.82 Å². The van der Waals surface area contributed by atoms with E-state index >= 15 is 0 Å². The summed E-state index contributed by atoms with van der Waals surface area (Å²) in [5, 5.41) is 8.78. The first kappa shape index (κ1) is 18.1. The molecule has 0 aliphatic heterocycles. The molecule has 1 amide bonds. The number of ether oxygens (including phenoxy) is 1. The first-order chi connectivity index (χ1) is 12.5. The topological polar surface area (TPSA) is 88.7 Å². The molecule has 0 spiro atoms. The smallest absolute Gasteiger partial charge is 0.272 e. The van der Waals surface area contributed by atoms with Crippen LogP contribution in [0.5, 0.6) is 5.75 Å². The third kappa shape index (κ3) is 3.21. The Labute approximate surface area is 153 Å². The van der Waals surface area contributed by atoms with Crippen molar-refractivity contribution in [2.75, 3.05) is 27.3 Å². The lowest BCUT2D eigenvalue weighted by Gasteiger charge is -2.16. The number of rotatable bonds is 5. The minimum Gasteiger partial charge on any atom is -0.496 e. The van der Waals surface area contributed by atoms with Gasteiger partial charge in [0, 0.05) is 31.9 Å². The van der Waals surface area contributed by atoms with Gasteiger partial charge in [-0.2, -0.15) is 0 Å². The van der Waals surface area contributed by atoms with Crippen molar-refractivity contribution in [3.05, 3.63) is 41.1 Å². The zero-order chi connectivity index (χ0) is 18.8. The lowest BCUT2D eigenvalue weighted by Crippen LogP contribution is -2.30. The van der Waals surface area contributed by atoms with Crippen LogP contribution in [-0.2, 0) is 0 Å². The van der Waals surface area contributed by atoms with Crippen LogP contribution >= 0.6 is 11.6 Å². The van der Waals surface area contributed by atoms with E-state index in [1.807, 2.05) is 0 Å². The largest absolute Gasteiger partial charge is 0.496 e. The Kier molecular flexibility index (Phi) is 5.06. The number of fused-ring (bicyclic) bond motifs is 1. The third-order valence-corrected chi connectivity index (χ3v) is 4.14. The molecular weight excluding hydrogens is 365 g/mol. The molecule has 0 bridgehead atoms. The molecular formula is C17H15ClFN3O4. The number of hydrogen-bond acceptors (Lipinski definition) is 6. The summed E-state index contributed by atoms with van der Waals surface area (Å²) in [6.07, 6.45) is 2.43. The van der Waals surface area contributed by atoms with Crippen LogP contribution in [0.25, 0.3) is 22.4 Å². The molecule has 0 radical (unpaired) electrons. The Balaban J connectivity index is 2.03. The number of hydrogen-bond donors (Lipinski definition) is 1. The maximum Gasteiger partial charge on any atom is 0.272 e. The van der Waals surface area contributed by atoms with Crippen molar-refractivity contribution >= 4 is 28.6 Å². The van der Waals surface area contributed by atoms with Crippen molar-refractivity contribution in [2.45, 2.75) is 0 Å². The van der Waals surface area contributed by atoms with E-state index in [4.69, 9.17) is 25.9 Å². The van der Waals surface area contributed by atoms with Crippen LogP contribution in [0.4, 0.5) is 4.39 Å². The zero-order valence-electron chi connectivity index (χ0n) is 14.0. The quantitative estimate of drug-likeness (QED) is 0.733.